The van der Waals surface area contributed by atoms with Gasteiger partial charge in [-0.1, -0.05) is 60.7 Å². The molecule has 1 atom stereocenters. The molecular formula is C36H46N3O3-. The molecule has 6 heteroatoms. The number of carbonyl (C=O) groups excluding carboxylic acids is 1. The maximum atomic E-state index is 11.3. The first kappa shape index (κ1) is 30.1. The number of piperidine rings is 1. The zero-order chi connectivity index (χ0) is 29.7. The van der Waals surface area contributed by atoms with E-state index in [-0.39, 0.29) is 5.60 Å². The van der Waals surface area contributed by atoms with Gasteiger partial charge in [-0.2, -0.15) is 0 Å². The van der Waals surface area contributed by atoms with Crippen molar-refractivity contribution in [2.75, 3.05) is 38.0 Å². The van der Waals surface area contributed by atoms with E-state index in [1.165, 1.54) is 30.4 Å². The molecule has 2 N–H and O–H groups in total. The number of ether oxygens (including phenoxy) is 1. The second-order valence-electron chi connectivity index (χ2n) is 12.6. The molecule has 1 fully saturated rings. The summed E-state index contributed by atoms with van der Waals surface area (Å²) in [6, 6.07) is 21.7. The van der Waals surface area contributed by atoms with Crippen LogP contribution in [0.4, 0.5) is 10.5 Å². The van der Waals surface area contributed by atoms with Crippen molar-refractivity contribution in [2.45, 2.75) is 71.3 Å². The van der Waals surface area contributed by atoms with Crippen LogP contribution in [-0.2, 0) is 6.42 Å². The molecule has 1 amide bonds. The Bertz CT molecular complexity index is 1310. The maximum Gasteiger partial charge on any atom is 0.138 e. The van der Waals surface area contributed by atoms with Crippen molar-refractivity contribution in [3.8, 4) is 5.75 Å². The van der Waals surface area contributed by atoms with E-state index in [0.29, 0.717) is 11.6 Å². The summed E-state index contributed by atoms with van der Waals surface area (Å²) in [6.07, 6.45) is 4.27. The van der Waals surface area contributed by atoms with Crippen LogP contribution < -0.4 is 20.5 Å². The molecule has 2 heterocycles. The Kier molecular flexibility index (Phi) is 9.54. The quantitative estimate of drug-likeness (QED) is 0.279. The van der Waals surface area contributed by atoms with Crippen molar-refractivity contribution in [2.24, 2.45) is 5.92 Å². The van der Waals surface area contributed by atoms with E-state index in [9.17, 15) is 9.90 Å². The van der Waals surface area contributed by atoms with Gasteiger partial charge in [0.15, 0.2) is 0 Å². The van der Waals surface area contributed by atoms with E-state index in [2.05, 4.69) is 83.1 Å². The molecule has 5 rings (SSSR count). The summed E-state index contributed by atoms with van der Waals surface area (Å²) in [5, 5.41) is 17.5. The molecule has 1 unspecified atom stereocenters. The number of amides is 1. The summed E-state index contributed by atoms with van der Waals surface area (Å²) in [5.41, 5.74) is 7.08. The Balaban J connectivity index is 1.07. The Morgan fingerprint density at radius 3 is 2.17 bits per heavy atom. The highest BCUT2D eigenvalue weighted by Crippen LogP contribution is 2.45. The van der Waals surface area contributed by atoms with Gasteiger partial charge in [0.05, 0.1) is 0 Å². The van der Waals surface area contributed by atoms with Gasteiger partial charge in [0.2, 0.25) is 0 Å². The van der Waals surface area contributed by atoms with Gasteiger partial charge in [-0.25, -0.2) is 0 Å². The number of carboxylic acid groups (broad SMARTS) is 1. The van der Waals surface area contributed by atoms with Crippen molar-refractivity contribution in [3.05, 3.63) is 94.0 Å². The van der Waals surface area contributed by atoms with Crippen molar-refractivity contribution in [1.82, 2.24) is 10.2 Å². The maximum absolute atomic E-state index is 11.3. The lowest BCUT2D eigenvalue weighted by atomic mass is 9.88. The Hall–Kier alpha value is -3.35. The van der Waals surface area contributed by atoms with Crippen LogP contribution in [0, 0.1) is 26.7 Å². The minimum absolute atomic E-state index is 0.313. The van der Waals surface area contributed by atoms with E-state index >= 15 is 0 Å². The number of rotatable bonds is 11. The van der Waals surface area contributed by atoms with Crippen LogP contribution in [0.5, 0.6) is 5.75 Å². The molecule has 2 aliphatic heterocycles. The highest BCUT2D eigenvalue weighted by molar-refractivity contribution is 5.85. The van der Waals surface area contributed by atoms with Crippen molar-refractivity contribution >= 4 is 11.8 Å². The number of nitrogens with zero attached hydrogens (tertiary/aromatic N) is 1. The topological polar surface area (TPSA) is 76.7 Å². The number of fused-ring (bicyclic) bond motifs is 1. The average Bonchev–Trinajstić information content (AvgIpc) is 3.35. The summed E-state index contributed by atoms with van der Waals surface area (Å²) >= 11 is 0. The van der Waals surface area contributed by atoms with E-state index in [0.717, 1.165) is 79.5 Å². The lowest BCUT2D eigenvalue weighted by Gasteiger charge is -2.37. The lowest BCUT2D eigenvalue weighted by molar-refractivity contribution is -0.242. The van der Waals surface area contributed by atoms with Gasteiger partial charge in [0.25, 0.3) is 0 Å². The molecule has 3 aromatic carbocycles. The van der Waals surface area contributed by atoms with Gasteiger partial charge in [0.1, 0.15) is 17.4 Å². The number of hydrogen-bond acceptors (Lipinski definition) is 5. The fourth-order valence-electron chi connectivity index (χ4n) is 7.05. The minimum Gasteiger partial charge on any atom is -0.530 e. The van der Waals surface area contributed by atoms with Crippen LogP contribution in [0.15, 0.2) is 60.7 Å². The average molecular weight is 569 g/mol. The fourth-order valence-corrected chi connectivity index (χ4v) is 7.05. The second-order valence-corrected chi connectivity index (χ2v) is 12.6. The monoisotopic (exact) mass is 568 g/mol. The lowest BCUT2D eigenvalue weighted by Crippen LogP contribution is -2.47. The third-order valence-electron chi connectivity index (χ3n) is 9.51. The summed E-state index contributed by atoms with van der Waals surface area (Å²) in [7, 11) is 0. The van der Waals surface area contributed by atoms with Crippen LogP contribution >= 0.6 is 0 Å². The van der Waals surface area contributed by atoms with E-state index in [4.69, 9.17) is 4.74 Å². The van der Waals surface area contributed by atoms with E-state index in [1.54, 1.807) is 0 Å². The number of hydrogen-bond donors (Lipinski definition) is 2. The van der Waals surface area contributed by atoms with Crippen LogP contribution in [0.1, 0.15) is 71.9 Å². The third kappa shape index (κ3) is 6.99. The van der Waals surface area contributed by atoms with Crippen molar-refractivity contribution in [3.63, 3.8) is 0 Å². The van der Waals surface area contributed by atoms with Crippen molar-refractivity contribution < 1.29 is 14.6 Å². The largest absolute Gasteiger partial charge is 0.530 e. The number of benzene rings is 3. The molecule has 0 radical (unpaired) electrons. The summed E-state index contributed by atoms with van der Waals surface area (Å²) in [4.78, 5) is 13.8. The molecule has 1 saturated heterocycles. The molecule has 42 heavy (non-hydrogen) atoms. The number of nitrogens with one attached hydrogen (secondary N) is 2. The van der Waals surface area contributed by atoms with Gasteiger partial charge >= 0.3 is 0 Å². The smallest absolute Gasteiger partial charge is 0.138 e. The highest BCUT2D eigenvalue weighted by atomic mass is 16.5. The number of likely N-dealkylation sites (tertiary alicyclic amines) is 1. The zero-order valence-corrected chi connectivity index (χ0v) is 25.7. The zero-order valence-electron chi connectivity index (χ0n) is 25.7. The van der Waals surface area contributed by atoms with Crippen LogP contribution in [0.2, 0.25) is 0 Å². The van der Waals surface area contributed by atoms with Gasteiger partial charge in [-0.05, 0) is 113 Å². The summed E-state index contributed by atoms with van der Waals surface area (Å²) < 4.78 is 6.61. The Labute approximate surface area is 251 Å². The second kappa shape index (κ2) is 13.3. The van der Waals surface area contributed by atoms with Crippen LogP contribution in [0.25, 0.3) is 0 Å². The first-order valence-electron chi connectivity index (χ1n) is 15.6. The molecule has 0 aliphatic carbocycles. The van der Waals surface area contributed by atoms with Crippen LogP contribution in [-0.4, -0.2) is 49.3 Å². The summed E-state index contributed by atoms with van der Waals surface area (Å²) in [6.45, 7) is 13.3. The molecule has 6 nitrogen and oxygen atoms in total. The molecule has 0 aromatic heterocycles. The molecule has 3 aromatic rings. The standard InChI is InChI=1S/C36H47N3O3/c1-25-26(2)34-32(27(3)33(25)38-35(40)41)23-36(4,42-34)24-39-21-17-28(18-22-39)15-19-37-20-16-31(29-11-7-5-8-12-29)30-13-9-6-10-14-30/h5-14,28,31,37-38H,15-24H2,1-4H3,(H,40,41)/p-1. The number of carbonyl (C=O) groups is 1. The van der Waals surface area contributed by atoms with Crippen LogP contribution in [0.3, 0.4) is 0 Å². The first-order valence-corrected chi connectivity index (χ1v) is 15.6. The van der Waals surface area contributed by atoms with E-state index in [1.807, 2.05) is 20.8 Å². The van der Waals surface area contributed by atoms with Gasteiger partial charge in [0, 0.05) is 30.1 Å². The molecule has 0 spiro atoms. The third-order valence-corrected chi connectivity index (χ3v) is 9.51. The van der Waals surface area contributed by atoms with Gasteiger partial charge in [-0.15, -0.1) is 0 Å². The molecule has 0 bridgehead atoms. The van der Waals surface area contributed by atoms with E-state index < -0.39 is 6.09 Å². The SMILES string of the molecule is Cc1c(C)c2c(c(C)c1NC(=O)[O-])CC(C)(CN1CCC(CCNCCC(c3ccccc3)c3ccccc3)CC1)O2. The highest BCUT2D eigenvalue weighted by Gasteiger charge is 2.40. The fraction of sp³-hybridized carbons (Fsp3) is 0.472. The molecule has 2 aliphatic rings. The predicted octanol–water partition coefficient (Wildman–Crippen LogP) is 5.97. The predicted molar refractivity (Wildman–Crippen MR) is 168 cm³/mol. The molecule has 224 valence electrons. The van der Waals surface area contributed by atoms with Crippen molar-refractivity contribution in [1.29, 1.82) is 0 Å². The first-order chi connectivity index (χ1) is 20.2. The van der Waals surface area contributed by atoms with Gasteiger partial charge < -0.3 is 25.3 Å². The number of anilines is 1. The van der Waals surface area contributed by atoms with Gasteiger partial charge in [-0.3, -0.25) is 4.90 Å². The Morgan fingerprint density at radius 2 is 1.57 bits per heavy atom. The summed E-state index contributed by atoms with van der Waals surface area (Å²) in [5.74, 6) is 2.11. The normalized spacial score (nSPS) is 19.1. The minimum atomic E-state index is -1.27. The molecule has 0 saturated carbocycles. The Morgan fingerprint density at radius 1 is 0.952 bits per heavy atom. The molecular weight excluding hydrogens is 522 g/mol.